The second kappa shape index (κ2) is 6.97. The molecule has 2 nitrogen and oxygen atoms in total. The van der Waals surface area contributed by atoms with Crippen LogP contribution in [-0.4, -0.2) is 12.2 Å². The maximum absolute atomic E-state index is 13.7. The van der Waals surface area contributed by atoms with Crippen LogP contribution in [0.1, 0.15) is 22.8 Å². The van der Waals surface area contributed by atoms with Gasteiger partial charge in [-0.15, -0.1) is 0 Å². The fraction of sp³-hybridized carbons (Fsp3) is 0.250. The van der Waals surface area contributed by atoms with Crippen LogP contribution in [-0.2, 0) is 17.8 Å². The summed E-state index contributed by atoms with van der Waals surface area (Å²) in [7, 11) is 1.61. The van der Waals surface area contributed by atoms with Gasteiger partial charge in [0, 0.05) is 18.0 Å². The molecule has 2 aromatic carbocycles. The molecule has 2 aromatic rings. The largest absolute Gasteiger partial charge is 0.388 e. The molecule has 0 aromatic heterocycles. The van der Waals surface area contributed by atoms with Crippen molar-refractivity contribution in [2.24, 2.45) is 0 Å². The Morgan fingerprint density at radius 1 is 1.20 bits per heavy atom. The summed E-state index contributed by atoms with van der Waals surface area (Å²) in [5, 5.41) is 10.4. The number of ether oxygens (including phenoxy) is 1. The first-order chi connectivity index (χ1) is 9.61. The molecule has 106 valence electrons. The molecule has 0 radical (unpaired) electrons. The predicted molar refractivity (Wildman–Crippen MR) is 79.9 cm³/mol. The van der Waals surface area contributed by atoms with Crippen molar-refractivity contribution in [1.82, 2.24) is 0 Å². The van der Waals surface area contributed by atoms with E-state index in [1.807, 2.05) is 24.3 Å². The van der Waals surface area contributed by atoms with Crippen LogP contribution >= 0.6 is 15.9 Å². The summed E-state index contributed by atoms with van der Waals surface area (Å²) < 4.78 is 19.7. The van der Waals surface area contributed by atoms with Crippen molar-refractivity contribution >= 4 is 15.9 Å². The molecule has 0 heterocycles. The fourth-order valence-corrected chi connectivity index (χ4v) is 2.57. The third-order valence-corrected chi connectivity index (χ3v) is 3.63. The lowest BCUT2D eigenvalue weighted by molar-refractivity contribution is 0.161. The summed E-state index contributed by atoms with van der Waals surface area (Å²) in [6, 6.07) is 12.2. The number of benzene rings is 2. The minimum atomic E-state index is -0.759. The molecule has 0 spiro atoms. The number of rotatable bonds is 5. The first-order valence-corrected chi connectivity index (χ1v) is 7.10. The molecule has 1 unspecified atom stereocenters. The van der Waals surface area contributed by atoms with Gasteiger partial charge in [0.05, 0.1) is 12.7 Å². The zero-order chi connectivity index (χ0) is 14.5. The van der Waals surface area contributed by atoms with Crippen molar-refractivity contribution < 1.29 is 14.2 Å². The van der Waals surface area contributed by atoms with Crippen LogP contribution < -0.4 is 0 Å². The monoisotopic (exact) mass is 338 g/mol. The van der Waals surface area contributed by atoms with Gasteiger partial charge in [-0.25, -0.2) is 4.39 Å². The first-order valence-electron chi connectivity index (χ1n) is 6.30. The van der Waals surface area contributed by atoms with Gasteiger partial charge in [-0.05, 0) is 34.9 Å². The molecule has 0 amide bonds. The summed E-state index contributed by atoms with van der Waals surface area (Å²) in [4.78, 5) is 0. The molecular formula is C16H16BrFO2. The fourth-order valence-electron chi connectivity index (χ4n) is 2.16. The number of aliphatic hydroxyl groups is 1. The predicted octanol–water partition coefficient (Wildman–Crippen LogP) is 4.01. The molecule has 2 rings (SSSR count). The van der Waals surface area contributed by atoms with E-state index in [1.54, 1.807) is 19.2 Å². The molecule has 0 aliphatic rings. The molecule has 0 fully saturated rings. The van der Waals surface area contributed by atoms with Gasteiger partial charge in [0.2, 0.25) is 0 Å². The molecule has 0 bridgehead atoms. The standard InChI is InChI=1S/C16H16BrFO2/c1-20-10-11-4-2-3-5-14(11)16(19)9-12-8-13(17)6-7-15(12)18/h2-8,16,19H,9-10H2,1H3. The molecule has 0 saturated carbocycles. The van der Waals surface area contributed by atoms with Crippen molar-refractivity contribution in [2.75, 3.05) is 7.11 Å². The van der Waals surface area contributed by atoms with Gasteiger partial charge in [0.25, 0.3) is 0 Å². The summed E-state index contributed by atoms with van der Waals surface area (Å²) in [5.74, 6) is -0.309. The van der Waals surface area contributed by atoms with Crippen molar-refractivity contribution in [3.05, 3.63) is 69.4 Å². The van der Waals surface area contributed by atoms with Crippen LogP contribution in [0.5, 0.6) is 0 Å². The van der Waals surface area contributed by atoms with E-state index in [9.17, 15) is 9.50 Å². The minimum Gasteiger partial charge on any atom is -0.388 e. The van der Waals surface area contributed by atoms with Crippen molar-refractivity contribution in [3.63, 3.8) is 0 Å². The number of halogens is 2. The highest BCUT2D eigenvalue weighted by atomic mass is 79.9. The molecule has 0 aliphatic heterocycles. The maximum Gasteiger partial charge on any atom is 0.126 e. The van der Waals surface area contributed by atoms with Crippen molar-refractivity contribution in [1.29, 1.82) is 0 Å². The van der Waals surface area contributed by atoms with E-state index in [2.05, 4.69) is 15.9 Å². The van der Waals surface area contributed by atoms with E-state index >= 15 is 0 Å². The smallest absolute Gasteiger partial charge is 0.126 e. The maximum atomic E-state index is 13.7. The Balaban J connectivity index is 2.23. The topological polar surface area (TPSA) is 29.5 Å². The summed E-state index contributed by atoms with van der Waals surface area (Å²) >= 11 is 3.31. The molecule has 20 heavy (non-hydrogen) atoms. The summed E-state index contributed by atoms with van der Waals surface area (Å²) in [5.41, 5.74) is 2.17. The Hall–Kier alpha value is -1.23. The first kappa shape index (κ1) is 15.2. The summed E-state index contributed by atoms with van der Waals surface area (Å²) in [6.45, 7) is 0.425. The SMILES string of the molecule is COCc1ccccc1C(O)Cc1cc(Br)ccc1F. The van der Waals surface area contributed by atoms with Gasteiger partial charge in [-0.1, -0.05) is 40.2 Å². The molecule has 0 aliphatic carbocycles. The van der Waals surface area contributed by atoms with Gasteiger partial charge in [-0.3, -0.25) is 0 Å². The van der Waals surface area contributed by atoms with Gasteiger partial charge < -0.3 is 9.84 Å². The number of hydrogen-bond donors (Lipinski definition) is 1. The second-order valence-electron chi connectivity index (χ2n) is 4.59. The van der Waals surface area contributed by atoms with E-state index in [1.165, 1.54) is 6.07 Å². The van der Waals surface area contributed by atoms with E-state index in [0.717, 1.165) is 15.6 Å². The third kappa shape index (κ3) is 3.66. The summed E-state index contributed by atoms with van der Waals surface area (Å²) in [6.07, 6.45) is -0.531. The highest BCUT2D eigenvalue weighted by molar-refractivity contribution is 9.10. The highest BCUT2D eigenvalue weighted by Gasteiger charge is 2.15. The molecular weight excluding hydrogens is 323 g/mol. The lowest BCUT2D eigenvalue weighted by atomic mass is 9.97. The Bertz CT molecular complexity index is 586. The number of aliphatic hydroxyl groups excluding tert-OH is 1. The molecule has 1 atom stereocenters. The zero-order valence-corrected chi connectivity index (χ0v) is 12.7. The number of hydrogen-bond acceptors (Lipinski definition) is 2. The van der Waals surface area contributed by atoms with Crippen LogP contribution in [0, 0.1) is 5.82 Å². The van der Waals surface area contributed by atoms with Crippen LogP contribution in [0.3, 0.4) is 0 Å². The van der Waals surface area contributed by atoms with Gasteiger partial charge in [0.15, 0.2) is 0 Å². The van der Waals surface area contributed by atoms with Crippen molar-refractivity contribution in [3.8, 4) is 0 Å². The Kier molecular flexibility index (Phi) is 5.29. The average molecular weight is 339 g/mol. The van der Waals surface area contributed by atoms with Gasteiger partial charge in [-0.2, -0.15) is 0 Å². The van der Waals surface area contributed by atoms with Crippen molar-refractivity contribution in [2.45, 2.75) is 19.1 Å². The lowest BCUT2D eigenvalue weighted by Gasteiger charge is -2.16. The van der Waals surface area contributed by atoms with Crippen LogP contribution in [0.2, 0.25) is 0 Å². The Labute approximate surface area is 126 Å². The van der Waals surface area contributed by atoms with E-state index in [-0.39, 0.29) is 12.2 Å². The van der Waals surface area contributed by atoms with E-state index in [4.69, 9.17) is 4.74 Å². The van der Waals surface area contributed by atoms with Gasteiger partial charge >= 0.3 is 0 Å². The van der Waals surface area contributed by atoms with Gasteiger partial charge in [0.1, 0.15) is 5.82 Å². The zero-order valence-electron chi connectivity index (χ0n) is 11.1. The number of methoxy groups -OCH3 is 1. The van der Waals surface area contributed by atoms with Crippen LogP contribution in [0.4, 0.5) is 4.39 Å². The van der Waals surface area contributed by atoms with E-state index < -0.39 is 6.10 Å². The normalized spacial score (nSPS) is 12.4. The Morgan fingerprint density at radius 2 is 1.95 bits per heavy atom. The molecule has 0 saturated heterocycles. The van der Waals surface area contributed by atoms with Crippen LogP contribution in [0.15, 0.2) is 46.9 Å². The van der Waals surface area contributed by atoms with Crippen LogP contribution in [0.25, 0.3) is 0 Å². The minimum absolute atomic E-state index is 0.228. The quantitative estimate of drug-likeness (QED) is 0.892. The third-order valence-electron chi connectivity index (χ3n) is 3.13. The average Bonchev–Trinajstić information content (AvgIpc) is 2.44. The lowest BCUT2D eigenvalue weighted by Crippen LogP contribution is -2.07. The second-order valence-corrected chi connectivity index (χ2v) is 5.50. The van der Waals surface area contributed by atoms with E-state index in [0.29, 0.717) is 12.2 Å². The Morgan fingerprint density at radius 3 is 2.70 bits per heavy atom. The highest BCUT2D eigenvalue weighted by Crippen LogP contribution is 2.25. The molecule has 1 N–H and O–H groups in total. The molecule has 4 heteroatoms.